The molecule has 0 saturated carbocycles. The molecule has 4 bridgehead atoms. The first-order valence-corrected chi connectivity index (χ1v) is 15.1. The highest BCUT2D eigenvalue weighted by Gasteiger charge is 2.64. The van der Waals surface area contributed by atoms with Gasteiger partial charge in [-0.2, -0.15) is 0 Å². The Bertz CT molecular complexity index is 1350. The fourth-order valence-corrected chi connectivity index (χ4v) is 6.19. The number of epoxide rings is 1. The van der Waals surface area contributed by atoms with Crippen LogP contribution in [-0.2, 0) is 35.0 Å². The van der Waals surface area contributed by atoms with Gasteiger partial charge < -0.3 is 33.7 Å². The van der Waals surface area contributed by atoms with E-state index in [9.17, 15) is 19.5 Å². The van der Waals surface area contributed by atoms with E-state index >= 15 is 0 Å². The second-order valence-electron chi connectivity index (χ2n) is 12.4. The number of nitrogens with one attached hydrogen (secondary N) is 1. The van der Waals surface area contributed by atoms with E-state index in [2.05, 4.69) is 5.32 Å². The maximum absolute atomic E-state index is 13.8. The monoisotopic (exact) mass is 634 g/mol. The second kappa shape index (κ2) is 13.1. The number of halogens is 1. The Morgan fingerprint density at radius 2 is 1.95 bits per heavy atom. The van der Waals surface area contributed by atoms with Crippen molar-refractivity contribution in [2.75, 3.05) is 26.2 Å². The summed E-state index contributed by atoms with van der Waals surface area (Å²) in [6, 6.07) is 3.63. The Kier molecular flexibility index (Phi) is 10.0. The van der Waals surface area contributed by atoms with E-state index in [4.69, 9.17) is 35.3 Å². The minimum absolute atomic E-state index is 0.00361. The molecule has 4 rings (SSSR count). The van der Waals surface area contributed by atoms with Gasteiger partial charge in [0.2, 0.25) is 5.91 Å². The molecule has 0 aromatic heterocycles. The number of esters is 1. The Hall–Kier alpha value is -3.12. The summed E-state index contributed by atoms with van der Waals surface area (Å²) in [6.45, 7) is 8.95. The zero-order valence-corrected chi connectivity index (χ0v) is 27.3. The van der Waals surface area contributed by atoms with Crippen LogP contribution in [0.15, 0.2) is 35.9 Å². The molecule has 3 heterocycles. The third-order valence-corrected chi connectivity index (χ3v) is 9.06. The average molecular weight is 635 g/mol. The molecule has 2 fully saturated rings. The zero-order chi connectivity index (χ0) is 32.6. The van der Waals surface area contributed by atoms with Crippen LogP contribution in [0.1, 0.15) is 53.0 Å². The number of allylic oxidation sites excluding steroid dienone is 3. The highest BCUT2D eigenvalue weighted by Crippen LogP contribution is 2.49. The molecule has 1 aromatic rings. The number of alkyl carbamates (subject to hydrolysis) is 1. The minimum Gasteiger partial charge on any atom is -0.495 e. The summed E-state index contributed by atoms with van der Waals surface area (Å²) in [5, 5.41) is 14.4. The summed E-state index contributed by atoms with van der Waals surface area (Å²) in [5.74, 6) is -1.30. The third kappa shape index (κ3) is 6.91. The molecule has 242 valence electrons. The van der Waals surface area contributed by atoms with E-state index in [1.807, 2.05) is 32.1 Å². The third-order valence-electron chi connectivity index (χ3n) is 8.68. The first kappa shape index (κ1) is 33.8. The number of rotatable bonds is 4. The molecule has 2 saturated heterocycles. The van der Waals surface area contributed by atoms with Crippen LogP contribution in [-0.4, -0.2) is 80.1 Å². The number of anilines is 1. The van der Waals surface area contributed by atoms with Crippen molar-refractivity contribution >= 4 is 35.3 Å². The second-order valence-corrected chi connectivity index (χ2v) is 12.8. The van der Waals surface area contributed by atoms with Crippen LogP contribution < -0.4 is 15.0 Å². The summed E-state index contributed by atoms with van der Waals surface area (Å²) >= 11 is 6.68. The van der Waals surface area contributed by atoms with Crippen molar-refractivity contribution < 1.29 is 43.2 Å². The molecule has 0 radical (unpaired) electrons. The zero-order valence-electron chi connectivity index (χ0n) is 26.5. The summed E-state index contributed by atoms with van der Waals surface area (Å²) in [5.41, 5.74) is -0.587. The van der Waals surface area contributed by atoms with Crippen molar-refractivity contribution in [2.24, 2.45) is 11.8 Å². The molecule has 3 aliphatic heterocycles. The van der Waals surface area contributed by atoms with E-state index < -0.39 is 59.6 Å². The van der Waals surface area contributed by atoms with Crippen molar-refractivity contribution in [3.63, 3.8) is 0 Å². The molecule has 11 nitrogen and oxygen atoms in total. The quantitative estimate of drug-likeness (QED) is 0.366. The smallest absolute Gasteiger partial charge is 0.409 e. The van der Waals surface area contributed by atoms with E-state index in [0.29, 0.717) is 17.9 Å². The average Bonchev–Trinajstić information content (AvgIpc) is 3.66. The lowest BCUT2D eigenvalue weighted by Crippen LogP contribution is -2.63. The van der Waals surface area contributed by atoms with Gasteiger partial charge in [0.1, 0.15) is 34.7 Å². The topological polar surface area (TPSA) is 136 Å². The Labute approximate surface area is 263 Å². The Morgan fingerprint density at radius 3 is 2.59 bits per heavy atom. The van der Waals surface area contributed by atoms with Gasteiger partial charge in [0.15, 0.2) is 5.72 Å². The van der Waals surface area contributed by atoms with Gasteiger partial charge in [-0.3, -0.25) is 14.9 Å². The summed E-state index contributed by atoms with van der Waals surface area (Å²) in [7, 11) is 4.56. The number of methoxy groups -OCH3 is 2. The van der Waals surface area contributed by atoms with E-state index in [-0.39, 0.29) is 23.8 Å². The largest absolute Gasteiger partial charge is 0.495 e. The van der Waals surface area contributed by atoms with Gasteiger partial charge in [-0.1, -0.05) is 56.2 Å². The molecule has 2 amide bonds. The fraction of sp³-hybridized carbons (Fsp3) is 0.594. The standard InChI is InChI=1S/C32H43ClN2O9/c1-17(2)29(37)43-25-15-26(36)35(6)21-13-20(14-22(40-7)27(21)33)12-18(3)10-9-11-24(41-8)32(39)16-23(42-30(38)34-32)19(4)28-31(25,5)44-28/h9-11,13-14,17,19,23-25,28,39H,12,15-16H2,1-8H3,(H,34,38)/b11-9+,18-10+/t19-,23+,24-,25?,28+,31-,32+/m0/s1. The number of nitrogens with zero attached hydrogens (tertiary/aromatic N) is 1. The van der Waals surface area contributed by atoms with Gasteiger partial charge in [0.25, 0.3) is 0 Å². The lowest BCUT2D eigenvalue weighted by atomic mass is 9.83. The molecule has 2 N–H and O–H groups in total. The van der Waals surface area contributed by atoms with Gasteiger partial charge >= 0.3 is 12.1 Å². The molecule has 0 spiro atoms. The molecular formula is C32H43ClN2O9. The number of benzene rings is 1. The molecular weight excluding hydrogens is 592 g/mol. The predicted octanol–water partition coefficient (Wildman–Crippen LogP) is 4.32. The maximum atomic E-state index is 13.8. The van der Waals surface area contributed by atoms with Crippen LogP contribution in [0.3, 0.4) is 0 Å². The first-order valence-electron chi connectivity index (χ1n) is 14.7. The SMILES string of the molecule is COc1cc2cc(c1Cl)N(C)C(=O)CC(OC(=O)C(C)C)[C@]1(C)O[C@@H]1[C@@H](C)[C@H]1C[C@](O)(NC(=O)O1)[C@@H](OC)/C=C/C=C(\C)C2. The van der Waals surface area contributed by atoms with Crippen molar-refractivity contribution in [2.45, 2.75) is 89.6 Å². The van der Waals surface area contributed by atoms with Crippen molar-refractivity contribution in [1.29, 1.82) is 0 Å². The van der Waals surface area contributed by atoms with Crippen LogP contribution in [0.2, 0.25) is 5.02 Å². The number of aliphatic hydroxyl groups is 1. The van der Waals surface area contributed by atoms with E-state index in [0.717, 1.165) is 11.1 Å². The normalized spacial score (nSPS) is 34.7. The van der Waals surface area contributed by atoms with Gasteiger partial charge in [0.05, 0.1) is 31.2 Å². The molecule has 3 aliphatic rings. The highest BCUT2D eigenvalue weighted by atomic mass is 35.5. The van der Waals surface area contributed by atoms with Gasteiger partial charge in [0, 0.05) is 26.5 Å². The lowest BCUT2D eigenvalue weighted by Gasteiger charge is -2.42. The van der Waals surface area contributed by atoms with Gasteiger partial charge in [-0.25, -0.2) is 4.79 Å². The fourth-order valence-electron chi connectivity index (χ4n) is 5.88. The number of carbonyl (C=O) groups excluding carboxylic acids is 3. The number of hydrogen-bond acceptors (Lipinski definition) is 9. The Balaban J connectivity index is 1.80. The van der Waals surface area contributed by atoms with Crippen molar-refractivity contribution in [3.8, 4) is 5.75 Å². The minimum atomic E-state index is -1.77. The molecule has 12 heteroatoms. The molecule has 1 unspecified atom stereocenters. The molecule has 1 aromatic carbocycles. The number of ether oxygens (including phenoxy) is 5. The lowest BCUT2D eigenvalue weighted by molar-refractivity contribution is -0.157. The Morgan fingerprint density at radius 1 is 1.25 bits per heavy atom. The van der Waals surface area contributed by atoms with E-state index in [1.54, 1.807) is 40.0 Å². The van der Waals surface area contributed by atoms with Crippen molar-refractivity contribution in [1.82, 2.24) is 5.32 Å². The molecule has 44 heavy (non-hydrogen) atoms. The number of carbonyl (C=O) groups is 3. The van der Waals surface area contributed by atoms with Gasteiger partial charge in [-0.05, 0) is 38.0 Å². The van der Waals surface area contributed by atoms with Crippen LogP contribution >= 0.6 is 11.6 Å². The summed E-state index contributed by atoms with van der Waals surface area (Å²) in [6.07, 6.45) is 1.65. The first-order chi connectivity index (χ1) is 20.6. The van der Waals surface area contributed by atoms with Crippen LogP contribution in [0.5, 0.6) is 5.75 Å². The number of amides is 2. The van der Waals surface area contributed by atoms with Crippen LogP contribution in [0.4, 0.5) is 10.5 Å². The highest BCUT2D eigenvalue weighted by molar-refractivity contribution is 6.35. The maximum Gasteiger partial charge on any atom is 0.409 e. The number of fused-ring (bicyclic) bond motifs is 5. The van der Waals surface area contributed by atoms with Gasteiger partial charge in [-0.15, -0.1) is 0 Å². The predicted molar refractivity (Wildman–Crippen MR) is 164 cm³/mol. The van der Waals surface area contributed by atoms with Crippen molar-refractivity contribution in [3.05, 3.63) is 46.5 Å². The summed E-state index contributed by atoms with van der Waals surface area (Å²) < 4.78 is 28.8. The summed E-state index contributed by atoms with van der Waals surface area (Å²) in [4.78, 5) is 40.7. The molecule has 7 atom stereocenters. The number of hydrogen-bond donors (Lipinski definition) is 2. The van der Waals surface area contributed by atoms with Crippen LogP contribution in [0, 0.1) is 11.8 Å². The van der Waals surface area contributed by atoms with E-state index in [1.165, 1.54) is 19.1 Å². The van der Waals surface area contributed by atoms with Crippen LogP contribution in [0.25, 0.3) is 0 Å². The molecule has 0 aliphatic carbocycles.